The summed E-state index contributed by atoms with van der Waals surface area (Å²) in [6.45, 7) is 0. The van der Waals surface area contributed by atoms with Gasteiger partial charge in [-0.3, -0.25) is 4.79 Å². The fourth-order valence-electron chi connectivity index (χ4n) is 1.64. The summed E-state index contributed by atoms with van der Waals surface area (Å²) in [6.07, 6.45) is 3.37. The van der Waals surface area contributed by atoms with Gasteiger partial charge in [-0.2, -0.15) is 0 Å². The molecule has 1 aliphatic rings. The summed E-state index contributed by atoms with van der Waals surface area (Å²) in [5.41, 5.74) is 0.372. The molecule has 17 heavy (non-hydrogen) atoms. The first-order valence-corrected chi connectivity index (χ1v) is 7.50. The van der Waals surface area contributed by atoms with Gasteiger partial charge in [-0.1, -0.05) is 0 Å². The van der Waals surface area contributed by atoms with Crippen LogP contribution in [0.1, 0.15) is 29.4 Å². The number of aromatic nitrogens is 1. The van der Waals surface area contributed by atoms with Gasteiger partial charge in [-0.15, -0.1) is 0 Å². The molecule has 2 rings (SSSR count). The third-order valence-electron chi connectivity index (χ3n) is 2.67. The van der Waals surface area contributed by atoms with Crippen LogP contribution in [0, 0.1) is 0 Å². The molecule has 0 radical (unpaired) electrons. The fourth-order valence-corrected chi connectivity index (χ4v) is 2.39. The Kier molecular flexibility index (Phi) is 2.95. The van der Waals surface area contributed by atoms with Crippen molar-refractivity contribution in [3.05, 3.63) is 18.0 Å². The largest absolute Gasteiger partial charge is 0.343 e. The maximum absolute atomic E-state index is 11.9. The van der Waals surface area contributed by atoms with Crippen molar-refractivity contribution in [3.8, 4) is 0 Å². The molecule has 0 unspecified atom stereocenters. The summed E-state index contributed by atoms with van der Waals surface area (Å²) in [5, 5.41) is 0. The van der Waals surface area contributed by atoms with E-state index < -0.39 is 9.05 Å². The molecule has 0 spiro atoms. The summed E-state index contributed by atoms with van der Waals surface area (Å²) in [4.78, 5) is 13.3. The number of nitrogens with zero attached hydrogens (tertiary/aromatic N) is 2. The van der Waals surface area contributed by atoms with Crippen molar-refractivity contribution in [3.63, 3.8) is 0 Å². The Bertz CT molecular complexity index is 558. The first kappa shape index (κ1) is 12.4. The second kappa shape index (κ2) is 4.03. The van der Waals surface area contributed by atoms with E-state index in [-0.39, 0.29) is 16.8 Å². The Hall–Kier alpha value is -1.01. The smallest absolute Gasteiger partial charge is 0.270 e. The number of halogens is 1. The van der Waals surface area contributed by atoms with Gasteiger partial charge in [0.1, 0.15) is 10.6 Å². The van der Waals surface area contributed by atoms with Gasteiger partial charge in [0.2, 0.25) is 0 Å². The molecule has 7 heteroatoms. The molecule has 1 amide bonds. The van der Waals surface area contributed by atoms with Gasteiger partial charge in [0.05, 0.1) is 0 Å². The summed E-state index contributed by atoms with van der Waals surface area (Å²) < 4.78 is 24.2. The van der Waals surface area contributed by atoms with Crippen LogP contribution >= 0.6 is 10.7 Å². The van der Waals surface area contributed by atoms with E-state index in [2.05, 4.69) is 0 Å². The predicted octanol–water partition coefficient (Wildman–Crippen LogP) is 1.45. The lowest BCUT2D eigenvalue weighted by atomic mass is 10.4. The average Bonchev–Trinajstić information content (AvgIpc) is 2.94. The van der Waals surface area contributed by atoms with Crippen LogP contribution in [0.2, 0.25) is 0 Å². The average molecular weight is 277 g/mol. The first-order valence-electron chi connectivity index (χ1n) is 5.19. The lowest BCUT2D eigenvalue weighted by Gasteiger charge is -2.12. The molecule has 0 saturated heterocycles. The van der Waals surface area contributed by atoms with Gasteiger partial charge in [-0.05, 0) is 18.9 Å². The molecule has 1 heterocycles. The van der Waals surface area contributed by atoms with E-state index in [4.69, 9.17) is 10.7 Å². The standard InChI is InChI=1S/C10H13ClN2O3S/c1-12(2)10(14)9-5-8(17(11,15)16)6-13(9)7-3-4-7/h5-7H,3-4H2,1-2H3. The molecule has 0 aromatic carbocycles. The quantitative estimate of drug-likeness (QED) is 0.785. The number of rotatable bonds is 3. The second-order valence-corrected chi connectivity index (χ2v) is 6.90. The van der Waals surface area contributed by atoms with Crippen molar-refractivity contribution in [2.24, 2.45) is 0 Å². The molecule has 0 bridgehead atoms. The molecule has 94 valence electrons. The zero-order valence-corrected chi connectivity index (χ0v) is 11.1. The molecule has 1 aliphatic carbocycles. The van der Waals surface area contributed by atoms with Crippen LogP contribution in [-0.4, -0.2) is 37.9 Å². The minimum absolute atomic E-state index is 0.0173. The van der Waals surface area contributed by atoms with Crippen molar-refractivity contribution < 1.29 is 13.2 Å². The van der Waals surface area contributed by atoms with E-state index in [1.807, 2.05) is 0 Å². The lowest BCUT2D eigenvalue weighted by Crippen LogP contribution is -2.24. The van der Waals surface area contributed by atoms with E-state index in [0.29, 0.717) is 5.69 Å². The van der Waals surface area contributed by atoms with Crippen molar-refractivity contribution in [1.29, 1.82) is 0 Å². The highest BCUT2D eigenvalue weighted by atomic mass is 35.7. The number of hydrogen-bond acceptors (Lipinski definition) is 3. The Balaban J connectivity index is 2.50. The van der Waals surface area contributed by atoms with Crippen LogP contribution in [0.15, 0.2) is 17.2 Å². The van der Waals surface area contributed by atoms with E-state index in [1.165, 1.54) is 17.2 Å². The van der Waals surface area contributed by atoms with Crippen LogP contribution < -0.4 is 0 Å². The minimum Gasteiger partial charge on any atom is -0.343 e. The van der Waals surface area contributed by atoms with Gasteiger partial charge in [-0.25, -0.2) is 8.42 Å². The van der Waals surface area contributed by atoms with Crippen molar-refractivity contribution in [2.45, 2.75) is 23.8 Å². The van der Waals surface area contributed by atoms with E-state index in [0.717, 1.165) is 12.8 Å². The highest BCUT2D eigenvalue weighted by Gasteiger charge is 2.30. The van der Waals surface area contributed by atoms with Crippen molar-refractivity contribution >= 4 is 25.6 Å². The number of carbonyl (C=O) groups excluding carboxylic acids is 1. The summed E-state index contributed by atoms with van der Waals surface area (Å²) in [7, 11) is 4.75. The summed E-state index contributed by atoms with van der Waals surface area (Å²) in [5.74, 6) is -0.219. The van der Waals surface area contributed by atoms with Crippen LogP contribution in [0.5, 0.6) is 0 Å². The van der Waals surface area contributed by atoms with Crippen molar-refractivity contribution in [1.82, 2.24) is 9.47 Å². The van der Waals surface area contributed by atoms with Gasteiger partial charge >= 0.3 is 0 Å². The molecule has 0 N–H and O–H groups in total. The monoisotopic (exact) mass is 276 g/mol. The zero-order valence-electron chi connectivity index (χ0n) is 9.55. The first-order chi connectivity index (χ1) is 7.80. The highest BCUT2D eigenvalue weighted by molar-refractivity contribution is 8.13. The number of carbonyl (C=O) groups is 1. The van der Waals surface area contributed by atoms with Gasteiger partial charge in [0, 0.05) is 37.0 Å². The van der Waals surface area contributed by atoms with Gasteiger partial charge < -0.3 is 9.47 Å². The minimum atomic E-state index is -3.79. The van der Waals surface area contributed by atoms with Crippen molar-refractivity contribution in [2.75, 3.05) is 14.1 Å². The maximum Gasteiger partial charge on any atom is 0.270 e. The van der Waals surface area contributed by atoms with Gasteiger partial charge in [0.15, 0.2) is 0 Å². The van der Waals surface area contributed by atoms with E-state index >= 15 is 0 Å². The fraction of sp³-hybridized carbons (Fsp3) is 0.500. The topological polar surface area (TPSA) is 59.4 Å². The molecular weight excluding hydrogens is 264 g/mol. The van der Waals surface area contributed by atoms with Crippen LogP contribution in [0.3, 0.4) is 0 Å². The summed E-state index contributed by atoms with van der Waals surface area (Å²) in [6, 6.07) is 1.56. The second-order valence-electron chi connectivity index (χ2n) is 4.34. The predicted molar refractivity (Wildman–Crippen MR) is 63.8 cm³/mol. The van der Waals surface area contributed by atoms with Gasteiger partial charge in [0.25, 0.3) is 15.0 Å². The molecular formula is C10H13ClN2O3S. The Labute approximate surface area is 104 Å². The maximum atomic E-state index is 11.9. The zero-order chi connectivity index (χ0) is 12.8. The van der Waals surface area contributed by atoms with E-state index in [9.17, 15) is 13.2 Å². The normalized spacial score (nSPS) is 15.9. The molecule has 1 aromatic heterocycles. The number of hydrogen-bond donors (Lipinski definition) is 0. The molecule has 1 aromatic rings. The molecule has 0 aliphatic heterocycles. The van der Waals surface area contributed by atoms with Crippen LogP contribution in [0.4, 0.5) is 0 Å². The molecule has 5 nitrogen and oxygen atoms in total. The van der Waals surface area contributed by atoms with E-state index in [1.54, 1.807) is 18.7 Å². The molecule has 0 atom stereocenters. The van der Waals surface area contributed by atoms with Crippen LogP contribution in [-0.2, 0) is 9.05 Å². The summed E-state index contributed by atoms with van der Waals surface area (Å²) >= 11 is 0. The third kappa shape index (κ3) is 2.47. The molecule has 1 saturated carbocycles. The SMILES string of the molecule is CN(C)C(=O)c1cc(S(=O)(=O)Cl)cn1C1CC1. The van der Waals surface area contributed by atoms with Crippen LogP contribution in [0.25, 0.3) is 0 Å². The third-order valence-corrected chi connectivity index (χ3v) is 3.99. The number of amides is 1. The Morgan fingerprint density at radius 2 is 2.06 bits per heavy atom. The Morgan fingerprint density at radius 1 is 1.47 bits per heavy atom. The Morgan fingerprint density at radius 3 is 2.47 bits per heavy atom. The lowest BCUT2D eigenvalue weighted by molar-refractivity contribution is 0.0817. The molecule has 1 fully saturated rings. The highest BCUT2D eigenvalue weighted by Crippen LogP contribution is 2.37.